The summed E-state index contributed by atoms with van der Waals surface area (Å²) in [5.41, 5.74) is 0.563. The first kappa shape index (κ1) is 13.8. The Morgan fingerprint density at radius 3 is 2.59 bits per heavy atom. The van der Waals surface area contributed by atoms with Gasteiger partial charge in [-0.1, -0.05) is 11.6 Å². The molecule has 0 aromatic heterocycles. The molecule has 0 unspecified atom stereocenters. The summed E-state index contributed by atoms with van der Waals surface area (Å²) in [5, 5.41) is 3.17. The Balaban J connectivity index is 2.58. The molecule has 1 rings (SSSR count). The molecule has 0 radical (unpaired) electrons. The predicted molar refractivity (Wildman–Crippen MR) is 67.8 cm³/mol. The van der Waals surface area contributed by atoms with E-state index in [0.717, 1.165) is 0 Å². The van der Waals surface area contributed by atoms with E-state index in [0.29, 0.717) is 18.8 Å². The summed E-state index contributed by atoms with van der Waals surface area (Å²) in [7, 11) is 0. The SMILES string of the molecule is CCN(CC)C(=O)CNc1ccc(F)cc1Cl. The smallest absolute Gasteiger partial charge is 0.241 e. The molecule has 0 spiro atoms. The Kier molecular flexibility index (Phi) is 5.22. The van der Waals surface area contributed by atoms with Crippen molar-refractivity contribution in [1.29, 1.82) is 0 Å². The first-order valence-corrected chi connectivity index (χ1v) is 5.93. The van der Waals surface area contributed by atoms with Crippen LogP contribution in [-0.2, 0) is 4.79 Å². The molecule has 0 fully saturated rings. The molecule has 1 aromatic rings. The lowest BCUT2D eigenvalue weighted by Crippen LogP contribution is -2.35. The average Bonchev–Trinajstić information content (AvgIpc) is 2.29. The number of anilines is 1. The summed E-state index contributed by atoms with van der Waals surface area (Å²) in [4.78, 5) is 13.4. The van der Waals surface area contributed by atoms with Crippen LogP contribution >= 0.6 is 11.6 Å². The van der Waals surface area contributed by atoms with E-state index in [2.05, 4.69) is 5.32 Å². The molecule has 17 heavy (non-hydrogen) atoms. The summed E-state index contributed by atoms with van der Waals surface area (Å²) in [6, 6.07) is 4.04. The highest BCUT2D eigenvalue weighted by Crippen LogP contribution is 2.21. The van der Waals surface area contributed by atoms with Gasteiger partial charge in [0.25, 0.3) is 0 Å². The standard InChI is InChI=1S/C12H16ClFN2O/c1-3-16(4-2)12(17)8-15-11-6-5-9(14)7-10(11)13/h5-7,15H,3-4,8H2,1-2H3. The molecule has 1 aromatic carbocycles. The molecule has 0 aliphatic rings. The average molecular weight is 259 g/mol. The van der Waals surface area contributed by atoms with Crippen LogP contribution in [0.4, 0.5) is 10.1 Å². The lowest BCUT2D eigenvalue weighted by molar-refractivity contribution is -0.128. The Labute approximate surface area is 106 Å². The van der Waals surface area contributed by atoms with Gasteiger partial charge in [-0.05, 0) is 32.0 Å². The first-order chi connectivity index (χ1) is 8.08. The fourth-order valence-electron chi connectivity index (χ4n) is 1.49. The number of hydrogen-bond donors (Lipinski definition) is 1. The van der Waals surface area contributed by atoms with Gasteiger partial charge in [-0.25, -0.2) is 4.39 Å². The van der Waals surface area contributed by atoms with Crippen LogP contribution in [0.5, 0.6) is 0 Å². The Morgan fingerprint density at radius 2 is 2.06 bits per heavy atom. The number of nitrogens with one attached hydrogen (secondary N) is 1. The molecule has 0 saturated heterocycles. The van der Waals surface area contributed by atoms with E-state index in [1.54, 1.807) is 4.90 Å². The van der Waals surface area contributed by atoms with Crippen LogP contribution in [0.2, 0.25) is 5.02 Å². The molecule has 94 valence electrons. The maximum Gasteiger partial charge on any atom is 0.241 e. The fraction of sp³-hybridized carbons (Fsp3) is 0.417. The van der Waals surface area contributed by atoms with Crippen LogP contribution in [-0.4, -0.2) is 30.4 Å². The van der Waals surface area contributed by atoms with Crippen molar-refractivity contribution in [2.45, 2.75) is 13.8 Å². The molecule has 0 atom stereocenters. The van der Waals surface area contributed by atoms with Crippen LogP contribution in [0.1, 0.15) is 13.8 Å². The maximum atomic E-state index is 12.8. The first-order valence-electron chi connectivity index (χ1n) is 5.55. The van der Waals surface area contributed by atoms with Gasteiger partial charge in [0, 0.05) is 13.1 Å². The molecule has 0 bridgehead atoms. The zero-order chi connectivity index (χ0) is 12.8. The third kappa shape index (κ3) is 3.89. The van der Waals surface area contributed by atoms with Gasteiger partial charge in [-0.2, -0.15) is 0 Å². The molecular formula is C12H16ClFN2O. The maximum absolute atomic E-state index is 12.8. The number of amides is 1. The minimum Gasteiger partial charge on any atom is -0.375 e. The van der Waals surface area contributed by atoms with Crippen molar-refractivity contribution in [3.63, 3.8) is 0 Å². The Hall–Kier alpha value is -1.29. The molecule has 1 N–H and O–H groups in total. The summed E-state index contributed by atoms with van der Waals surface area (Å²) in [6.07, 6.45) is 0. The molecular weight excluding hydrogens is 243 g/mol. The van der Waals surface area contributed by atoms with Crippen LogP contribution in [0.15, 0.2) is 18.2 Å². The van der Waals surface area contributed by atoms with Crippen molar-refractivity contribution in [3.8, 4) is 0 Å². The Morgan fingerprint density at radius 1 is 1.41 bits per heavy atom. The largest absolute Gasteiger partial charge is 0.375 e. The highest BCUT2D eigenvalue weighted by Gasteiger charge is 2.09. The topological polar surface area (TPSA) is 32.3 Å². The second-order valence-corrected chi connectivity index (χ2v) is 3.95. The number of rotatable bonds is 5. The summed E-state index contributed by atoms with van der Waals surface area (Å²) in [6.45, 7) is 5.36. The predicted octanol–water partition coefficient (Wildman–Crippen LogP) is 2.76. The summed E-state index contributed by atoms with van der Waals surface area (Å²) >= 11 is 5.83. The molecule has 0 aliphatic heterocycles. The van der Waals surface area contributed by atoms with Gasteiger partial charge in [0.15, 0.2) is 0 Å². The number of carbonyl (C=O) groups excluding carboxylic acids is 1. The quantitative estimate of drug-likeness (QED) is 0.881. The Bertz CT molecular complexity index is 394. The number of carbonyl (C=O) groups is 1. The van der Waals surface area contributed by atoms with E-state index in [9.17, 15) is 9.18 Å². The van der Waals surface area contributed by atoms with Crippen molar-refractivity contribution in [2.24, 2.45) is 0 Å². The number of likely N-dealkylation sites (N-methyl/N-ethyl adjacent to an activating group) is 1. The monoisotopic (exact) mass is 258 g/mol. The minimum absolute atomic E-state index is 0.00427. The summed E-state index contributed by atoms with van der Waals surface area (Å²) in [5.74, 6) is -0.397. The van der Waals surface area contributed by atoms with Crippen LogP contribution in [0.3, 0.4) is 0 Å². The van der Waals surface area contributed by atoms with Crippen molar-refractivity contribution in [3.05, 3.63) is 29.0 Å². The number of benzene rings is 1. The highest BCUT2D eigenvalue weighted by atomic mass is 35.5. The summed E-state index contributed by atoms with van der Waals surface area (Å²) < 4.78 is 12.8. The number of halogens is 2. The van der Waals surface area contributed by atoms with Crippen molar-refractivity contribution < 1.29 is 9.18 Å². The third-order valence-electron chi connectivity index (χ3n) is 2.48. The van der Waals surface area contributed by atoms with Crippen molar-refractivity contribution in [2.75, 3.05) is 25.0 Å². The van der Waals surface area contributed by atoms with E-state index in [4.69, 9.17) is 11.6 Å². The van der Waals surface area contributed by atoms with E-state index >= 15 is 0 Å². The zero-order valence-electron chi connectivity index (χ0n) is 9.96. The lowest BCUT2D eigenvalue weighted by Gasteiger charge is -2.19. The second kappa shape index (κ2) is 6.45. The van der Waals surface area contributed by atoms with Gasteiger partial charge in [-0.3, -0.25) is 4.79 Å². The van der Waals surface area contributed by atoms with Gasteiger partial charge in [0.05, 0.1) is 17.3 Å². The fourth-order valence-corrected chi connectivity index (χ4v) is 1.73. The van der Waals surface area contributed by atoms with Crippen molar-refractivity contribution >= 4 is 23.2 Å². The number of nitrogens with zero attached hydrogens (tertiary/aromatic N) is 1. The van der Waals surface area contributed by atoms with E-state index < -0.39 is 5.82 Å². The second-order valence-electron chi connectivity index (χ2n) is 3.54. The highest BCUT2D eigenvalue weighted by molar-refractivity contribution is 6.33. The minimum atomic E-state index is -0.393. The molecule has 0 heterocycles. The lowest BCUT2D eigenvalue weighted by atomic mass is 10.3. The van der Waals surface area contributed by atoms with Crippen molar-refractivity contribution in [1.82, 2.24) is 4.90 Å². The molecule has 0 saturated carbocycles. The van der Waals surface area contributed by atoms with Crippen LogP contribution < -0.4 is 5.32 Å². The van der Waals surface area contributed by atoms with Gasteiger partial charge in [-0.15, -0.1) is 0 Å². The van der Waals surface area contributed by atoms with Gasteiger partial charge in [0.2, 0.25) is 5.91 Å². The zero-order valence-corrected chi connectivity index (χ0v) is 10.7. The van der Waals surface area contributed by atoms with E-state index in [1.165, 1.54) is 18.2 Å². The number of hydrogen-bond acceptors (Lipinski definition) is 2. The molecule has 5 heteroatoms. The normalized spacial score (nSPS) is 10.1. The van der Waals surface area contributed by atoms with Gasteiger partial charge in [0.1, 0.15) is 5.82 Å². The third-order valence-corrected chi connectivity index (χ3v) is 2.79. The molecule has 1 amide bonds. The van der Waals surface area contributed by atoms with Gasteiger partial charge >= 0.3 is 0 Å². The van der Waals surface area contributed by atoms with E-state index in [-0.39, 0.29) is 17.5 Å². The molecule has 0 aliphatic carbocycles. The molecule has 3 nitrogen and oxygen atoms in total. The van der Waals surface area contributed by atoms with E-state index in [1.807, 2.05) is 13.8 Å². The van der Waals surface area contributed by atoms with Gasteiger partial charge < -0.3 is 10.2 Å². The van der Waals surface area contributed by atoms with Crippen LogP contribution in [0.25, 0.3) is 0 Å². The van der Waals surface area contributed by atoms with Crippen LogP contribution in [0, 0.1) is 5.82 Å².